The van der Waals surface area contributed by atoms with Crippen molar-refractivity contribution in [1.82, 2.24) is 4.90 Å². The molecule has 1 unspecified atom stereocenters. The summed E-state index contributed by atoms with van der Waals surface area (Å²) >= 11 is 0. The predicted molar refractivity (Wildman–Crippen MR) is 249 cm³/mol. The minimum Gasteiger partial charge on any atom is -0.463 e. The third kappa shape index (κ3) is 15.3. The third-order valence-corrected chi connectivity index (χ3v) is 11.8. The van der Waals surface area contributed by atoms with Gasteiger partial charge >= 0.3 is 53.7 Å². The first-order chi connectivity index (χ1) is 35.8. The average Bonchev–Trinajstić information content (AvgIpc) is 3.56. The fourth-order valence-electron chi connectivity index (χ4n) is 8.50. The van der Waals surface area contributed by atoms with Crippen molar-refractivity contribution in [2.45, 2.75) is 182 Å². The van der Waals surface area contributed by atoms with Gasteiger partial charge in [-0.2, -0.15) is 0 Å². The van der Waals surface area contributed by atoms with E-state index in [-0.39, 0.29) is 11.1 Å². The second-order valence-electron chi connectivity index (χ2n) is 20.3. The number of ether oxygens (including phenoxy) is 14. The topological polar surface area (TPSA) is 340 Å². The van der Waals surface area contributed by atoms with Gasteiger partial charge in [-0.15, -0.1) is 0 Å². The predicted octanol–water partition coefficient (Wildman–Crippen LogP) is 0.921. The van der Waals surface area contributed by atoms with Gasteiger partial charge in [-0.05, 0) is 53.7 Å². The van der Waals surface area contributed by atoms with Crippen LogP contribution in [0, 0.1) is 10.8 Å². The molecular weight excluding hydrogens is 1030 g/mol. The molecule has 0 saturated carbocycles. The second kappa shape index (κ2) is 25.2. The Balaban J connectivity index is 1.82. The average molecular weight is 1100 g/mol. The van der Waals surface area contributed by atoms with Crippen molar-refractivity contribution >= 4 is 65.5 Å². The van der Waals surface area contributed by atoms with Crippen LogP contribution in [0.1, 0.15) is 111 Å². The van der Waals surface area contributed by atoms with Crippen molar-refractivity contribution in [3.8, 4) is 0 Å². The van der Waals surface area contributed by atoms with Gasteiger partial charge < -0.3 is 71.4 Å². The molecule has 0 aliphatic carbocycles. The lowest BCUT2D eigenvalue weighted by molar-refractivity contribution is -0.380. The number of amides is 2. The maximum atomic E-state index is 14.6. The summed E-state index contributed by atoms with van der Waals surface area (Å²) in [6.45, 7) is 13.4. The van der Waals surface area contributed by atoms with Crippen molar-refractivity contribution in [2.75, 3.05) is 19.8 Å². The lowest BCUT2D eigenvalue weighted by Crippen LogP contribution is -2.71. The van der Waals surface area contributed by atoms with Crippen LogP contribution in [0.2, 0.25) is 0 Å². The van der Waals surface area contributed by atoms with Crippen molar-refractivity contribution in [3.63, 3.8) is 0 Å². The zero-order chi connectivity index (χ0) is 57.6. The zero-order valence-electron chi connectivity index (χ0n) is 44.7. The quantitative estimate of drug-likeness (QED) is 0.129. The molecule has 2 amide bonds. The molecule has 0 spiro atoms. The standard InChI is InChI=1S/C50H65NO26/c1-21(52)64-18-31-34(67-23(3)54)37(69-25(5)56)33(51-42(59)28-16-14-15-17-29(28)43(51)60)45(73-31)76-38-36(30(20-66-47(62)49(8,9)10)72-44(61)40(38)77-48(63)50(11,12)13)75-46-41(71-27(7)58)39(70-26(6)57)35(68-24(4)55)32(74-46)19-65-22(2)53/h14-17,30-41,44-46,61H,18-20H2,1-13H3/t30-,31-,32-,33-,34-,35-,36+,37-,38+,39+,40-,41-,44-,45?,46+/m1/s1. The van der Waals surface area contributed by atoms with E-state index in [0.29, 0.717) is 4.90 Å². The molecule has 1 aromatic carbocycles. The van der Waals surface area contributed by atoms with E-state index in [1.807, 2.05) is 0 Å². The van der Waals surface area contributed by atoms with E-state index in [1.165, 1.54) is 65.8 Å². The maximum Gasteiger partial charge on any atom is 0.311 e. The minimum absolute atomic E-state index is 0.145. The van der Waals surface area contributed by atoms with Gasteiger partial charge in [-0.25, -0.2) is 0 Å². The summed E-state index contributed by atoms with van der Waals surface area (Å²) in [5.74, 6) is -10.7. The van der Waals surface area contributed by atoms with Gasteiger partial charge in [-0.1, -0.05) is 12.1 Å². The molecule has 5 rings (SSSR count). The summed E-state index contributed by atoms with van der Waals surface area (Å²) < 4.78 is 82.5. The number of fused-ring (bicyclic) bond motifs is 1. The Bertz CT molecular complexity index is 2390. The van der Waals surface area contributed by atoms with Crippen LogP contribution in [0.3, 0.4) is 0 Å². The number of aliphatic hydroxyl groups is 1. The minimum atomic E-state index is -2.28. The number of carbonyl (C=O) groups is 11. The van der Waals surface area contributed by atoms with Crippen molar-refractivity contribution in [3.05, 3.63) is 35.4 Å². The Morgan fingerprint density at radius 3 is 1.30 bits per heavy atom. The molecule has 0 radical (unpaired) electrons. The van der Waals surface area contributed by atoms with Crippen LogP contribution in [-0.4, -0.2) is 187 Å². The molecule has 3 fully saturated rings. The molecule has 15 atom stereocenters. The van der Waals surface area contributed by atoms with E-state index in [0.717, 1.165) is 48.5 Å². The lowest BCUT2D eigenvalue weighted by Gasteiger charge is -2.51. The normalized spacial score (nSPS) is 30.2. The van der Waals surface area contributed by atoms with E-state index in [4.69, 9.17) is 66.3 Å². The highest BCUT2D eigenvalue weighted by Gasteiger charge is 2.62. The molecule has 27 heteroatoms. The molecule has 4 heterocycles. The van der Waals surface area contributed by atoms with Crippen LogP contribution in [0.4, 0.5) is 0 Å². The molecule has 27 nitrogen and oxygen atoms in total. The monoisotopic (exact) mass is 1100 g/mol. The van der Waals surface area contributed by atoms with Crippen LogP contribution < -0.4 is 0 Å². The summed E-state index contributed by atoms with van der Waals surface area (Å²) in [4.78, 5) is 146. The summed E-state index contributed by atoms with van der Waals surface area (Å²) in [6.07, 6.45) is -27.3. The van der Waals surface area contributed by atoms with Gasteiger partial charge in [0.05, 0.1) is 22.0 Å². The van der Waals surface area contributed by atoms with E-state index < -0.39 is 188 Å². The number of hydrogen-bond donors (Lipinski definition) is 1. The van der Waals surface area contributed by atoms with Crippen molar-refractivity contribution < 1.29 is 124 Å². The highest BCUT2D eigenvalue weighted by atomic mass is 16.8. The first-order valence-electron chi connectivity index (χ1n) is 24.2. The van der Waals surface area contributed by atoms with Crippen LogP contribution in [0.5, 0.6) is 0 Å². The van der Waals surface area contributed by atoms with Gasteiger partial charge in [-0.3, -0.25) is 57.6 Å². The molecule has 4 aliphatic rings. The number of benzene rings is 1. The second-order valence-corrected chi connectivity index (χ2v) is 20.3. The van der Waals surface area contributed by atoms with E-state index in [9.17, 15) is 57.8 Å². The van der Waals surface area contributed by atoms with Gasteiger partial charge in [0.1, 0.15) is 56.4 Å². The first kappa shape index (κ1) is 61.2. The van der Waals surface area contributed by atoms with E-state index in [2.05, 4.69) is 0 Å². The van der Waals surface area contributed by atoms with Crippen LogP contribution in [-0.2, 0) is 109 Å². The molecule has 3 saturated heterocycles. The summed E-state index contributed by atoms with van der Waals surface area (Å²) in [7, 11) is 0. The highest BCUT2D eigenvalue weighted by molar-refractivity contribution is 6.21. The Labute approximate surface area is 441 Å². The number of nitrogens with zero attached hydrogens (tertiary/aromatic N) is 1. The molecule has 77 heavy (non-hydrogen) atoms. The van der Waals surface area contributed by atoms with Gasteiger partial charge in [0.15, 0.2) is 55.5 Å². The SMILES string of the molecule is CC(=O)OC[C@H]1O[C@@H](O[C@@H]2[C@H](OC3O[C@H](COC(C)=O)[C@@H](OC(C)=O)[C@H](OC(C)=O)[C@H]3N3C(=O)c4ccccc4C3=O)[C@@H](OC(=O)C(C)(C)C)[C@H](O)O[C@@H]2COC(=O)C(C)(C)C)[C@H](OC(C)=O)[C@@H](OC(C)=O)[C@@H]1OC(C)=O. The fraction of sp³-hybridized carbons (Fsp3) is 0.660. The number of imide groups is 1. The Kier molecular flexibility index (Phi) is 20.0. The summed E-state index contributed by atoms with van der Waals surface area (Å²) in [6, 6.07) is 3.52. The lowest BCUT2D eigenvalue weighted by atomic mass is 9.93. The Morgan fingerprint density at radius 2 is 0.844 bits per heavy atom. The van der Waals surface area contributed by atoms with Crippen molar-refractivity contribution in [2.24, 2.45) is 10.8 Å². The summed E-state index contributed by atoms with van der Waals surface area (Å²) in [5.41, 5.74) is -2.84. The number of esters is 9. The number of hydrogen-bond acceptors (Lipinski definition) is 26. The number of rotatable bonds is 17. The first-order valence-corrected chi connectivity index (χ1v) is 24.2. The van der Waals surface area contributed by atoms with Crippen LogP contribution >= 0.6 is 0 Å². The molecule has 4 aliphatic heterocycles. The highest BCUT2D eigenvalue weighted by Crippen LogP contribution is 2.41. The van der Waals surface area contributed by atoms with E-state index in [1.54, 1.807) is 0 Å². The largest absolute Gasteiger partial charge is 0.463 e. The molecule has 0 aromatic heterocycles. The van der Waals surface area contributed by atoms with Crippen LogP contribution in [0.15, 0.2) is 24.3 Å². The van der Waals surface area contributed by atoms with Gasteiger partial charge in [0, 0.05) is 48.5 Å². The fourth-order valence-corrected chi connectivity index (χ4v) is 8.50. The van der Waals surface area contributed by atoms with Crippen LogP contribution in [0.25, 0.3) is 0 Å². The zero-order valence-corrected chi connectivity index (χ0v) is 44.7. The number of carbonyl (C=O) groups excluding carboxylic acids is 11. The summed E-state index contributed by atoms with van der Waals surface area (Å²) in [5, 5.41) is 12.0. The smallest absolute Gasteiger partial charge is 0.311 e. The molecule has 0 bridgehead atoms. The molecule has 1 aromatic rings. The maximum absolute atomic E-state index is 14.6. The molecule has 1 N–H and O–H groups in total. The Hall–Kier alpha value is -6.65. The number of aliphatic hydroxyl groups excluding tert-OH is 1. The third-order valence-electron chi connectivity index (χ3n) is 11.8. The van der Waals surface area contributed by atoms with E-state index >= 15 is 0 Å². The molecule has 426 valence electrons. The van der Waals surface area contributed by atoms with Crippen molar-refractivity contribution in [1.29, 1.82) is 0 Å². The van der Waals surface area contributed by atoms with Gasteiger partial charge in [0.2, 0.25) is 0 Å². The molecular formula is C50H65NO26. The Morgan fingerprint density at radius 1 is 0.455 bits per heavy atom. The van der Waals surface area contributed by atoms with Gasteiger partial charge in [0.25, 0.3) is 11.8 Å².